The third kappa shape index (κ3) is 3.52. The molecule has 0 saturated heterocycles. The Bertz CT molecular complexity index is 927. The summed E-state index contributed by atoms with van der Waals surface area (Å²) in [6.07, 6.45) is 3.37. The predicted octanol–water partition coefficient (Wildman–Crippen LogP) is 3.93. The minimum atomic E-state index is 0.0138. The largest absolute Gasteiger partial charge is 0.486 e. The third-order valence-electron chi connectivity index (χ3n) is 4.46. The van der Waals surface area contributed by atoms with E-state index in [4.69, 9.17) is 14.5 Å². The number of benzene rings is 1. The van der Waals surface area contributed by atoms with Gasteiger partial charge in [-0.15, -0.1) is 0 Å². The van der Waals surface area contributed by atoms with Crippen molar-refractivity contribution in [1.82, 2.24) is 15.0 Å². The van der Waals surface area contributed by atoms with Gasteiger partial charge >= 0.3 is 0 Å². The molecule has 0 N–H and O–H groups in total. The topological polar surface area (TPSA) is 57.1 Å². The molecule has 1 aromatic carbocycles. The minimum absolute atomic E-state index is 0.0138. The van der Waals surface area contributed by atoms with Gasteiger partial charge in [-0.05, 0) is 50.6 Å². The van der Waals surface area contributed by atoms with Crippen LogP contribution in [0.3, 0.4) is 0 Å². The van der Waals surface area contributed by atoms with Crippen LogP contribution in [0, 0.1) is 13.8 Å². The Morgan fingerprint density at radius 2 is 1.85 bits per heavy atom. The lowest BCUT2D eigenvalue weighted by molar-refractivity contribution is 0.0847. The van der Waals surface area contributed by atoms with E-state index in [0.717, 1.165) is 52.8 Å². The van der Waals surface area contributed by atoms with Crippen molar-refractivity contribution in [2.24, 2.45) is 0 Å². The number of ether oxygens (including phenoxy) is 2. The van der Waals surface area contributed by atoms with Gasteiger partial charge in [0.2, 0.25) is 0 Å². The van der Waals surface area contributed by atoms with Crippen molar-refractivity contribution in [3.63, 3.8) is 0 Å². The number of rotatable bonds is 4. The van der Waals surface area contributed by atoms with Gasteiger partial charge in [-0.25, -0.2) is 9.97 Å². The summed E-state index contributed by atoms with van der Waals surface area (Å²) < 4.78 is 11.8. The summed E-state index contributed by atoms with van der Waals surface area (Å²) in [5.41, 5.74) is 3.95. The molecule has 0 amide bonds. The van der Waals surface area contributed by atoms with Gasteiger partial charge in [0.05, 0.1) is 5.69 Å². The monoisotopic (exact) mass is 347 g/mol. The molecular weight excluding hydrogens is 326 g/mol. The molecule has 0 radical (unpaired) electrons. The Morgan fingerprint density at radius 1 is 1.00 bits per heavy atom. The number of hydrogen-bond acceptors (Lipinski definition) is 5. The van der Waals surface area contributed by atoms with E-state index in [2.05, 4.69) is 16.0 Å². The lowest BCUT2D eigenvalue weighted by Crippen LogP contribution is -2.29. The molecular formula is C21H21N3O2. The molecule has 26 heavy (non-hydrogen) atoms. The SMILES string of the molecule is Cc1ccc(-c2ccnc(CC[C@H]3COc4ccccc4O3)n2)c(C)n1. The van der Waals surface area contributed by atoms with E-state index in [9.17, 15) is 0 Å². The average Bonchev–Trinajstić information content (AvgIpc) is 2.66. The molecule has 0 spiro atoms. The van der Waals surface area contributed by atoms with Crippen LogP contribution in [0.25, 0.3) is 11.3 Å². The summed E-state index contributed by atoms with van der Waals surface area (Å²) in [6.45, 7) is 4.55. The van der Waals surface area contributed by atoms with E-state index >= 15 is 0 Å². The second-order valence-electron chi connectivity index (χ2n) is 6.48. The van der Waals surface area contributed by atoms with E-state index in [-0.39, 0.29) is 6.10 Å². The summed E-state index contributed by atoms with van der Waals surface area (Å²) in [5.74, 6) is 2.43. The Hall–Kier alpha value is -2.95. The molecule has 132 valence electrons. The molecule has 2 aromatic heterocycles. The van der Waals surface area contributed by atoms with Crippen LogP contribution in [0.2, 0.25) is 0 Å². The van der Waals surface area contributed by atoms with E-state index in [0.29, 0.717) is 6.61 Å². The zero-order valence-corrected chi connectivity index (χ0v) is 15.0. The summed E-state index contributed by atoms with van der Waals surface area (Å²) in [5, 5.41) is 0. The van der Waals surface area contributed by atoms with Crippen molar-refractivity contribution in [1.29, 1.82) is 0 Å². The predicted molar refractivity (Wildman–Crippen MR) is 99.4 cm³/mol. The van der Waals surface area contributed by atoms with Crippen LogP contribution >= 0.6 is 0 Å². The molecule has 1 aliphatic heterocycles. The van der Waals surface area contributed by atoms with Crippen LogP contribution in [0.4, 0.5) is 0 Å². The first kappa shape index (κ1) is 16.5. The van der Waals surface area contributed by atoms with Crippen molar-refractivity contribution in [3.8, 4) is 22.8 Å². The number of pyridine rings is 1. The molecule has 0 fully saturated rings. The molecule has 0 unspecified atom stereocenters. The van der Waals surface area contributed by atoms with Gasteiger partial charge in [-0.3, -0.25) is 4.98 Å². The smallest absolute Gasteiger partial charge is 0.161 e. The second kappa shape index (κ2) is 7.12. The van der Waals surface area contributed by atoms with Crippen LogP contribution in [-0.2, 0) is 6.42 Å². The molecule has 1 atom stereocenters. The van der Waals surface area contributed by atoms with Crippen LogP contribution in [0.15, 0.2) is 48.7 Å². The van der Waals surface area contributed by atoms with Gasteiger partial charge in [-0.2, -0.15) is 0 Å². The Labute approximate surface area is 153 Å². The summed E-state index contributed by atoms with van der Waals surface area (Å²) in [6, 6.07) is 13.8. The molecule has 0 bridgehead atoms. The van der Waals surface area contributed by atoms with Gasteiger partial charge in [0.1, 0.15) is 18.5 Å². The number of para-hydroxylation sites is 2. The molecule has 5 heteroatoms. The summed E-state index contributed by atoms with van der Waals surface area (Å²) >= 11 is 0. The first-order chi connectivity index (χ1) is 12.7. The molecule has 3 heterocycles. The van der Waals surface area contributed by atoms with Crippen LogP contribution in [0.1, 0.15) is 23.6 Å². The van der Waals surface area contributed by atoms with Crippen LogP contribution in [0.5, 0.6) is 11.5 Å². The number of nitrogens with zero attached hydrogens (tertiary/aromatic N) is 3. The third-order valence-corrected chi connectivity index (χ3v) is 4.46. The minimum Gasteiger partial charge on any atom is -0.486 e. The fourth-order valence-corrected chi connectivity index (χ4v) is 3.12. The zero-order chi connectivity index (χ0) is 17.9. The van der Waals surface area contributed by atoms with Gasteiger partial charge in [0.15, 0.2) is 11.5 Å². The van der Waals surface area contributed by atoms with Crippen molar-refractivity contribution in [3.05, 3.63) is 65.9 Å². The van der Waals surface area contributed by atoms with Crippen molar-refractivity contribution in [2.45, 2.75) is 32.8 Å². The maximum absolute atomic E-state index is 6.01. The number of fused-ring (bicyclic) bond motifs is 1. The standard InChI is InChI=1S/C21H21N3O2/c1-14-7-9-17(15(2)23-14)18-11-12-22-21(24-18)10-8-16-13-25-19-5-3-4-6-20(19)26-16/h3-7,9,11-12,16H,8,10,13H2,1-2H3/t16-/m0/s1. The van der Waals surface area contributed by atoms with Crippen LogP contribution in [-0.4, -0.2) is 27.7 Å². The maximum Gasteiger partial charge on any atom is 0.161 e. The van der Waals surface area contributed by atoms with Gasteiger partial charge in [0.25, 0.3) is 0 Å². The summed E-state index contributed by atoms with van der Waals surface area (Å²) in [7, 11) is 0. The summed E-state index contributed by atoms with van der Waals surface area (Å²) in [4.78, 5) is 13.7. The fraction of sp³-hybridized carbons (Fsp3) is 0.286. The molecule has 0 aliphatic carbocycles. The molecule has 4 rings (SSSR count). The Morgan fingerprint density at radius 3 is 2.69 bits per heavy atom. The molecule has 1 aliphatic rings. The van der Waals surface area contributed by atoms with Crippen molar-refractivity contribution < 1.29 is 9.47 Å². The first-order valence-electron chi connectivity index (χ1n) is 8.84. The highest BCUT2D eigenvalue weighted by molar-refractivity contribution is 5.61. The van der Waals surface area contributed by atoms with Gasteiger partial charge < -0.3 is 9.47 Å². The zero-order valence-electron chi connectivity index (χ0n) is 15.0. The van der Waals surface area contributed by atoms with Crippen molar-refractivity contribution in [2.75, 3.05) is 6.61 Å². The highest BCUT2D eigenvalue weighted by Crippen LogP contribution is 2.31. The quantitative estimate of drug-likeness (QED) is 0.716. The van der Waals surface area contributed by atoms with Crippen molar-refractivity contribution >= 4 is 0 Å². The first-order valence-corrected chi connectivity index (χ1v) is 8.84. The van der Waals surface area contributed by atoms with E-state index in [1.54, 1.807) is 0 Å². The maximum atomic E-state index is 6.01. The highest BCUT2D eigenvalue weighted by Gasteiger charge is 2.20. The molecule has 0 saturated carbocycles. The normalized spacial score (nSPS) is 15.7. The molecule has 3 aromatic rings. The second-order valence-corrected chi connectivity index (χ2v) is 6.48. The Balaban J connectivity index is 1.45. The van der Waals surface area contributed by atoms with Crippen LogP contribution < -0.4 is 9.47 Å². The van der Waals surface area contributed by atoms with Gasteiger partial charge in [-0.1, -0.05) is 12.1 Å². The van der Waals surface area contributed by atoms with Gasteiger partial charge in [0, 0.05) is 29.6 Å². The average molecular weight is 347 g/mol. The highest BCUT2D eigenvalue weighted by atomic mass is 16.6. The lowest BCUT2D eigenvalue weighted by atomic mass is 10.1. The fourth-order valence-electron chi connectivity index (χ4n) is 3.12. The number of aromatic nitrogens is 3. The number of aryl methyl sites for hydroxylation is 3. The lowest BCUT2D eigenvalue weighted by Gasteiger charge is -2.26. The molecule has 5 nitrogen and oxygen atoms in total. The number of hydrogen-bond donors (Lipinski definition) is 0. The van der Waals surface area contributed by atoms with E-state index in [1.165, 1.54) is 0 Å². The Kier molecular flexibility index (Phi) is 4.52. The van der Waals surface area contributed by atoms with E-state index in [1.807, 2.05) is 56.4 Å². The van der Waals surface area contributed by atoms with E-state index < -0.39 is 0 Å².